The minimum atomic E-state index is 0. The third-order valence-corrected chi connectivity index (χ3v) is 5.44. The van der Waals surface area contributed by atoms with Crippen LogP contribution in [0.15, 0.2) is 29.2 Å². The van der Waals surface area contributed by atoms with E-state index in [0.717, 1.165) is 32.4 Å². The molecule has 3 nitrogen and oxygen atoms in total. The van der Waals surface area contributed by atoms with Crippen molar-refractivity contribution < 1.29 is 4.79 Å². The molecule has 5 heteroatoms. The topological polar surface area (TPSA) is 32.3 Å². The van der Waals surface area contributed by atoms with Crippen molar-refractivity contribution in [2.45, 2.75) is 35.4 Å². The van der Waals surface area contributed by atoms with Gasteiger partial charge in [-0.3, -0.25) is 4.79 Å². The predicted octanol–water partition coefficient (Wildman–Crippen LogP) is 2.34. The van der Waals surface area contributed by atoms with E-state index in [1.165, 1.54) is 10.5 Å². The minimum absolute atomic E-state index is 0. The largest absolute Gasteiger partial charge is 0.342 e. The molecular weight excluding hydrogens is 292 g/mol. The molecule has 0 aromatic heterocycles. The van der Waals surface area contributed by atoms with Gasteiger partial charge in [0, 0.05) is 24.0 Å². The number of hydrogen-bond donors (Lipinski definition) is 1. The van der Waals surface area contributed by atoms with Crippen molar-refractivity contribution in [3.8, 4) is 0 Å². The van der Waals surface area contributed by atoms with E-state index < -0.39 is 0 Å². The summed E-state index contributed by atoms with van der Waals surface area (Å²) in [6, 6.07) is 8.96. The lowest BCUT2D eigenvalue weighted by atomic mass is 10.0. The first-order valence-corrected chi connectivity index (χ1v) is 7.86. The molecule has 0 radical (unpaired) electrons. The van der Waals surface area contributed by atoms with E-state index in [9.17, 15) is 4.79 Å². The van der Waals surface area contributed by atoms with Crippen molar-refractivity contribution in [2.75, 3.05) is 20.1 Å². The number of amides is 1. The summed E-state index contributed by atoms with van der Waals surface area (Å²) in [5, 5.41) is 3.40. The smallest absolute Gasteiger partial charge is 0.236 e. The van der Waals surface area contributed by atoms with Gasteiger partial charge in [0.1, 0.15) is 0 Å². The second-order valence-electron chi connectivity index (χ2n) is 5.31. The van der Waals surface area contributed by atoms with Crippen molar-refractivity contribution in [1.82, 2.24) is 10.2 Å². The minimum Gasteiger partial charge on any atom is -0.342 e. The second-order valence-corrected chi connectivity index (χ2v) is 6.55. The van der Waals surface area contributed by atoms with Gasteiger partial charge in [0.25, 0.3) is 0 Å². The normalized spacial score (nSPS) is 22.2. The summed E-state index contributed by atoms with van der Waals surface area (Å²) in [5.41, 5.74) is 1.33. The third kappa shape index (κ3) is 3.13. The van der Waals surface area contributed by atoms with Crippen LogP contribution >= 0.6 is 24.2 Å². The molecule has 1 fully saturated rings. The molecule has 0 spiro atoms. The first-order valence-electron chi connectivity index (χ1n) is 6.98. The SMILES string of the molecule is CNC1CCN(C(=O)C2Cc3ccccc3S2)CC1.Cl. The molecule has 20 heavy (non-hydrogen) atoms. The van der Waals surface area contributed by atoms with Gasteiger partial charge in [-0.2, -0.15) is 0 Å². The molecule has 2 aliphatic rings. The Hall–Kier alpha value is -0.710. The van der Waals surface area contributed by atoms with E-state index in [-0.39, 0.29) is 17.7 Å². The Morgan fingerprint density at radius 1 is 1.30 bits per heavy atom. The molecule has 1 N–H and O–H groups in total. The molecule has 1 atom stereocenters. The molecule has 1 saturated heterocycles. The lowest BCUT2D eigenvalue weighted by Gasteiger charge is -2.33. The van der Waals surface area contributed by atoms with Crippen LogP contribution in [0.2, 0.25) is 0 Å². The summed E-state index contributed by atoms with van der Waals surface area (Å²) in [6.07, 6.45) is 3.05. The monoisotopic (exact) mass is 312 g/mol. The maximum atomic E-state index is 12.5. The molecular formula is C15H21ClN2OS. The van der Waals surface area contributed by atoms with Crippen LogP contribution in [0.3, 0.4) is 0 Å². The molecule has 0 aliphatic carbocycles. The van der Waals surface area contributed by atoms with E-state index in [2.05, 4.69) is 34.5 Å². The molecule has 110 valence electrons. The van der Waals surface area contributed by atoms with E-state index in [1.54, 1.807) is 11.8 Å². The highest BCUT2D eigenvalue weighted by Gasteiger charge is 2.32. The average molecular weight is 313 g/mol. The Bertz CT molecular complexity index is 450. The molecule has 3 rings (SSSR count). The van der Waals surface area contributed by atoms with Crippen LogP contribution < -0.4 is 5.32 Å². The molecule has 1 amide bonds. The first-order chi connectivity index (χ1) is 9.28. The highest BCUT2D eigenvalue weighted by atomic mass is 35.5. The summed E-state index contributed by atoms with van der Waals surface area (Å²) >= 11 is 1.74. The number of halogens is 1. The summed E-state index contributed by atoms with van der Waals surface area (Å²) in [7, 11) is 2.01. The Morgan fingerprint density at radius 2 is 2.00 bits per heavy atom. The van der Waals surface area contributed by atoms with Crippen molar-refractivity contribution in [3.63, 3.8) is 0 Å². The summed E-state index contributed by atoms with van der Waals surface area (Å²) in [5.74, 6) is 0.329. The van der Waals surface area contributed by atoms with Gasteiger partial charge in [0.15, 0.2) is 0 Å². The predicted molar refractivity (Wildman–Crippen MR) is 85.7 cm³/mol. The van der Waals surface area contributed by atoms with Crippen LogP contribution in [0.4, 0.5) is 0 Å². The number of likely N-dealkylation sites (tertiary alicyclic amines) is 1. The van der Waals surface area contributed by atoms with E-state index in [0.29, 0.717) is 11.9 Å². The van der Waals surface area contributed by atoms with Crippen LogP contribution in [0.5, 0.6) is 0 Å². The van der Waals surface area contributed by atoms with E-state index in [1.807, 2.05) is 7.05 Å². The van der Waals surface area contributed by atoms with Crippen LogP contribution in [0.25, 0.3) is 0 Å². The van der Waals surface area contributed by atoms with Gasteiger partial charge in [-0.25, -0.2) is 0 Å². The van der Waals surface area contributed by atoms with Crippen molar-refractivity contribution in [1.29, 1.82) is 0 Å². The quantitative estimate of drug-likeness (QED) is 0.910. The zero-order valence-electron chi connectivity index (χ0n) is 11.7. The fourth-order valence-electron chi connectivity index (χ4n) is 2.91. The van der Waals surface area contributed by atoms with Crippen molar-refractivity contribution >= 4 is 30.1 Å². The lowest BCUT2D eigenvalue weighted by Crippen LogP contribution is -2.46. The number of thioether (sulfide) groups is 1. The molecule has 1 aromatic carbocycles. The highest BCUT2D eigenvalue weighted by Crippen LogP contribution is 2.37. The zero-order chi connectivity index (χ0) is 13.2. The zero-order valence-corrected chi connectivity index (χ0v) is 13.3. The first kappa shape index (κ1) is 15.7. The van der Waals surface area contributed by atoms with Gasteiger partial charge in [-0.1, -0.05) is 18.2 Å². The number of nitrogens with one attached hydrogen (secondary N) is 1. The van der Waals surface area contributed by atoms with Crippen LogP contribution in [-0.4, -0.2) is 42.2 Å². The molecule has 2 heterocycles. The molecule has 2 aliphatic heterocycles. The fraction of sp³-hybridized carbons (Fsp3) is 0.533. The maximum absolute atomic E-state index is 12.5. The van der Waals surface area contributed by atoms with Crippen LogP contribution in [0.1, 0.15) is 18.4 Å². The number of rotatable bonds is 2. The number of carbonyl (C=O) groups excluding carboxylic acids is 1. The number of nitrogens with zero attached hydrogens (tertiary/aromatic N) is 1. The standard InChI is InChI=1S/C15H20N2OS.ClH/c1-16-12-6-8-17(9-7-12)15(18)14-10-11-4-2-3-5-13(11)19-14;/h2-5,12,14,16H,6-10H2,1H3;1H. The molecule has 1 unspecified atom stereocenters. The van der Waals surface area contributed by atoms with Crippen LogP contribution in [-0.2, 0) is 11.2 Å². The Labute approximate surface area is 130 Å². The number of benzene rings is 1. The number of carbonyl (C=O) groups is 1. The van der Waals surface area contributed by atoms with E-state index in [4.69, 9.17) is 0 Å². The summed E-state index contributed by atoms with van der Waals surface area (Å²) in [6.45, 7) is 1.80. The maximum Gasteiger partial charge on any atom is 0.236 e. The second kappa shape index (κ2) is 6.83. The number of piperidine rings is 1. The van der Waals surface area contributed by atoms with Crippen LogP contribution in [0, 0.1) is 0 Å². The Morgan fingerprint density at radius 3 is 2.65 bits per heavy atom. The lowest BCUT2D eigenvalue weighted by molar-refractivity contribution is -0.131. The van der Waals surface area contributed by atoms with Crippen molar-refractivity contribution in [2.24, 2.45) is 0 Å². The summed E-state index contributed by atoms with van der Waals surface area (Å²) in [4.78, 5) is 15.9. The van der Waals surface area contributed by atoms with Gasteiger partial charge in [-0.15, -0.1) is 24.2 Å². The summed E-state index contributed by atoms with van der Waals surface area (Å²) < 4.78 is 0. The highest BCUT2D eigenvalue weighted by molar-refractivity contribution is 8.01. The van der Waals surface area contributed by atoms with E-state index >= 15 is 0 Å². The van der Waals surface area contributed by atoms with Crippen molar-refractivity contribution in [3.05, 3.63) is 29.8 Å². The fourth-order valence-corrected chi connectivity index (χ4v) is 4.19. The Kier molecular flexibility index (Phi) is 5.35. The average Bonchev–Trinajstić information content (AvgIpc) is 2.90. The number of hydrogen-bond acceptors (Lipinski definition) is 3. The molecule has 0 saturated carbocycles. The van der Waals surface area contributed by atoms with Gasteiger partial charge in [0.05, 0.1) is 5.25 Å². The Balaban J connectivity index is 0.00000147. The molecule has 0 bridgehead atoms. The number of fused-ring (bicyclic) bond motifs is 1. The van der Waals surface area contributed by atoms with Gasteiger partial charge < -0.3 is 10.2 Å². The van der Waals surface area contributed by atoms with Gasteiger partial charge >= 0.3 is 0 Å². The van der Waals surface area contributed by atoms with Gasteiger partial charge in [0.2, 0.25) is 5.91 Å². The van der Waals surface area contributed by atoms with Gasteiger partial charge in [-0.05, 0) is 37.9 Å². The molecule has 1 aromatic rings. The third-order valence-electron chi connectivity index (χ3n) is 4.14.